The Labute approximate surface area is 149 Å². The molecule has 1 saturated heterocycles. The number of aryl methyl sites for hydroxylation is 1. The summed E-state index contributed by atoms with van der Waals surface area (Å²) < 4.78 is 1.10. The average Bonchev–Trinajstić information content (AvgIpc) is 2.58. The average molecular weight is 361 g/mol. The smallest absolute Gasteiger partial charge is 0.275 e. The minimum absolute atomic E-state index is 0.0585. The van der Waals surface area contributed by atoms with E-state index in [1.807, 2.05) is 13.0 Å². The van der Waals surface area contributed by atoms with Crippen LogP contribution in [-0.2, 0) is 11.8 Å². The number of anilines is 1. The van der Waals surface area contributed by atoms with Crippen LogP contribution < -0.4 is 10.5 Å². The number of piperazine rings is 1. The van der Waals surface area contributed by atoms with Gasteiger partial charge in [-0.15, -0.1) is 0 Å². The third-order valence-corrected chi connectivity index (χ3v) is 4.38. The molecule has 130 valence electrons. The van der Waals surface area contributed by atoms with Gasteiger partial charge in [-0.25, -0.2) is 4.68 Å². The van der Waals surface area contributed by atoms with Gasteiger partial charge in [-0.1, -0.05) is 17.7 Å². The highest BCUT2D eigenvalue weighted by atomic mass is 35.5. The Balaban J connectivity index is 1.82. The van der Waals surface area contributed by atoms with Crippen molar-refractivity contribution in [2.24, 2.45) is 7.05 Å². The molecule has 0 N–H and O–H groups in total. The van der Waals surface area contributed by atoms with Gasteiger partial charge in [0.15, 0.2) is 0 Å². The Morgan fingerprint density at radius 1 is 1.24 bits per heavy atom. The number of nitrogens with zero attached hydrogens (tertiary/aromatic N) is 4. The molecule has 1 aromatic carbocycles. The normalized spacial score (nSPS) is 17.7. The number of carbonyl (C=O) groups excluding carboxylic acids is 2. The van der Waals surface area contributed by atoms with E-state index in [0.29, 0.717) is 17.3 Å². The number of rotatable bonds is 2. The zero-order valence-corrected chi connectivity index (χ0v) is 14.6. The van der Waals surface area contributed by atoms with Gasteiger partial charge < -0.3 is 9.80 Å². The summed E-state index contributed by atoms with van der Waals surface area (Å²) in [7, 11) is 1.48. The van der Waals surface area contributed by atoms with Gasteiger partial charge in [-0.2, -0.15) is 5.10 Å². The van der Waals surface area contributed by atoms with E-state index in [1.165, 1.54) is 24.1 Å². The second kappa shape index (κ2) is 6.68. The molecule has 0 saturated carbocycles. The van der Waals surface area contributed by atoms with Crippen molar-refractivity contribution >= 4 is 29.1 Å². The van der Waals surface area contributed by atoms with E-state index < -0.39 is 0 Å². The molecule has 1 aromatic heterocycles. The molecular formula is C17H17ClN4O3. The third-order valence-electron chi connectivity index (χ3n) is 4.15. The van der Waals surface area contributed by atoms with E-state index in [9.17, 15) is 14.4 Å². The summed E-state index contributed by atoms with van der Waals surface area (Å²) in [5.74, 6) is -0.569. The van der Waals surface area contributed by atoms with E-state index >= 15 is 0 Å². The fraction of sp³-hybridized carbons (Fsp3) is 0.294. The van der Waals surface area contributed by atoms with Crippen LogP contribution in [0.5, 0.6) is 0 Å². The van der Waals surface area contributed by atoms with Crippen LogP contribution in [0.15, 0.2) is 41.2 Å². The summed E-state index contributed by atoms with van der Waals surface area (Å²) in [4.78, 5) is 39.7. The minimum Gasteiger partial charge on any atom is -0.323 e. The standard InChI is InChI=1S/C17H17ClN4O3/c1-11-9-22(13-5-3-4-12(18)8-13)16(24)10-21(11)17(25)14-6-7-15(23)20(2)19-14/h3-8,11H,9-10H2,1-2H3. The Hall–Kier alpha value is -2.67. The Bertz CT molecular complexity index is 895. The molecule has 2 amide bonds. The molecule has 3 rings (SSSR count). The van der Waals surface area contributed by atoms with E-state index in [0.717, 1.165) is 4.68 Å². The summed E-state index contributed by atoms with van der Waals surface area (Å²) in [5.41, 5.74) is 0.543. The molecule has 7 nitrogen and oxygen atoms in total. The van der Waals surface area contributed by atoms with Gasteiger partial charge in [0.05, 0.1) is 0 Å². The molecule has 2 aromatic rings. The molecule has 8 heteroatoms. The minimum atomic E-state index is -0.373. The van der Waals surface area contributed by atoms with E-state index in [2.05, 4.69) is 5.10 Å². The van der Waals surface area contributed by atoms with Crippen molar-refractivity contribution in [2.75, 3.05) is 18.0 Å². The molecule has 2 heterocycles. The summed E-state index contributed by atoms with van der Waals surface area (Å²) in [6.45, 7) is 2.16. The Kier molecular flexibility index (Phi) is 4.59. The van der Waals surface area contributed by atoms with Gasteiger partial charge in [0.2, 0.25) is 5.91 Å². The zero-order chi connectivity index (χ0) is 18.1. The van der Waals surface area contributed by atoms with Crippen molar-refractivity contribution in [2.45, 2.75) is 13.0 Å². The fourth-order valence-electron chi connectivity index (χ4n) is 2.78. The maximum atomic E-state index is 12.7. The van der Waals surface area contributed by atoms with Crippen molar-refractivity contribution in [1.82, 2.24) is 14.7 Å². The summed E-state index contributed by atoms with van der Waals surface area (Å²) in [5, 5.41) is 4.51. The number of aromatic nitrogens is 2. The highest BCUT2D eigenvalue weighted by Gasteiger charge is 2.34. The Morgan fingerprint density at radius 2 is 2.00 bits per heavy atom. The number of hydrogen-bond donors (Lipinski definition) is 0. The van der Waals surface area contributed by atoms with Crippen LogP contribution in [0, 0.1) is 0 Å². The van der Waals surface area contributed by atoms with E-state index in [4.69, 9.17) is 11.6 Å². The lowest BCUT2D eigenvalue weighted by Crippen LogP contribution is -2.57. The number of hydrogen-bond acceptors (Lipinski definition) is 4. The molecule has 1 aliphatic heterocycles. The predicted octanol–water partition coefficient (Wildman–Crippen LogP) is 1.31. The topological polar surface area (TPSA) is 75.5 Å². The first-order chi connectivity index (χ1) is 11.9. The lowest BCUT2D eigenvalue weighted by molar-refractivity contribution is -0.121. The maximum absolute atomic E-state index is 12.7. The van der Waals surface area contributed by atoms with Gasteiger partial charge in [0, 0.05) is 36.4 Å². The second-order valence-electron chi connectivity index (χ2n) is 5.95. The number of carbonyl (C=O) groups is 2. The van der Waals surface area contributed by atoms with E-state index in [-0.39, 0.29) is 35.7 Å². The zero-order valence-electron chi connectivity index (χ0n) is 13.8. The quantitative estimate of drug-likeness (QED) is 0.809. The fourth-order valence-corrected chi connectivity index (χ4v) is 2.96. The number of halogens is 1. The summed E-state index contributed by atoms with van der Waals surface area (Å²) in [6, 6.07) is 9.51. The third kappa shape index (κ3) is 3.41. The first kappa shape index (κ1) is 17.2. The van der Waals surface area contributed by atoms with Crippen molar-refractivity contribution in [1.29, 1.82) is 0 Å². The molecule has 1 atom stereocenters. The van der Waals surface area contributed by atoms with Crippen molar-refractivity contribution in [3.63, 3.8) is 0 Å². The van der Waals surface area contributed by atoms with Crippen molar-refractivity contribution in [3.05, 3.63) is 57.5 Å². The van der Waals surface area contributed by atoms with Crippen molar-refractivity contribution in [3.8, 4) is 0 Å². The molecule has 0 bridgehead atoms. The molecule has 25 heavy (non-hydrogen) atoms. The van der Waals surface area contributed by atoms with Gasteiger partial charge >= 0.3 is 0 Å². The highest BCUT2D eigenvalue weighted by molar-refractivity contribution is 6.30. The van der Waals surface area contributed by atoms with Gasteiger partial charge in [0.25, 0.3) is 11.5 Å². The molecule has 1 fully saturated rings. The highest BCUT2D eigenvalue weighted by Crippen LogP contribution is 2.23. The predicted molar refractivity (Wildman–Crippen MR) is 93.8 cm³/mol. The SMILES string of the molecule is CC1CN(c2cccc(Cl)c2)C(=O)CN1C(=O)c1ccc(=O)n(C)n1. The molecular weight excluding hydrogens is 344 g/mol. The number of benzene rings is 1. The van der Waals surface area contributed by atoms with Crippen LogP contribution in [0.2, 0.25) is 5.02 Å². The largest absolute Gasteiger partial charge is 0.323 e. The van der Waals surface area contributed by atoms with Crippen LogP contribution >= 0.6 is 11.6 Å². The molecule has 0 spiro atoms. The number of amides is 2. The van der Waals surface area contributed by atoms with Crippen LogP contribution in [0.3, 0.4) is 0 Å². The van der Waals surface area contributed by atoms with Gasteiger partial charge in [0.1, 0.15) is 12.2 Å². The second-order valence-corrected chi connectivity index (χ2v) is 6.38. The first-order valence-electron chi connectivity index (χ1n) is 7.78. The van der Waals surface area contributed by atoms with Crippen molar-refractivity contribution < 1.29 is 9.59 Å². The first-order valence-corrected chi connectivity index (χ1v) is 8.16. The molecule has 0 radical (unpaired) electrons. The van der Waals surface area contributed by atoms with Gasteiger partial charge in [-0.3, -0.25) is 14.4 Å². The lowest BCUT2D eigenvalue weighted by atomic mass is 10.1. The maximum Gasteiger partial charge on any atom is 0.275 e. The lowest BCUT2D eigenvalue weighted by Gasteiger charge is -2.39. The molecule has 0 aliphatic carbocycles. The van der Waals surface area contributed by atoms with Gasteiger partial charge in [-0.05, 0) is 31.2 Å². The Morgan fingerprint density at radius 3 is 2.68 bits per heavy atom. The van der Waals surface area contributed by atoms with Crippen LogP contribution in [0.25, 0.3) is 0 Å². The van der Waals surface area contributed by atoms with Crippen LogP contribution in [0.1, 0.15) is 17.4 Å². The molecule has 1 unspecified atom stereocenters. The van der Waals surface area contributed by atoms with Crippen LogP contribution in [0.4, 0.5) is 5.69 Å². The van der Waals surface area contributed by atoms with Crippen LogP contribution in [-0.4, -0.2) is 45.6 Å². The summed E-state index contributed by atoms with van der Waals surface area (Å²) in [6.07, 6.45) is 0. The summed E-state index contributed by atoms with van der Waals surface area (Å²) >= 11 is 6.00. The monoisotopic (exact) mass is 360 g/mol. The van der Waals surface area contributed by atoms with E-state index in [1.54, 1.807) is 23.1 Å². The molecule has 1 aliphatic rings.